The lowest BCUT2D eigenvalue weighted by molar-refractivity contribution is -0.235. The highest BCUT2D eigenvalue weighted by Gasteiger charge is 2.56. The third kappa shape index (κ3) is 4.19. The third-order valence-corrected chi connectivity index (χ3v) is 4.82. The molecule has 156 valence electrons. The summed E-state index contributed by atoms with van der Waals surface area (Å²) < 4.78 is 27.9. The van der Waals surface area contributed by atoms with E-state index in [2.05, 4.69) is 0 Å². The molecule has 2 saturated heterocycles. The van der Waals surface area contributed by atoms with Gasteiger partial charge in [-0.15, -0.1) is 0 Å². The smallest absolute Gasteiger partial charge is 0.338 e. The number of ether oxygens (including phenoxy) is 5. The quantitative estimate of drug-likeness (QED) is 0.544. The van der Waals surface area contributed by atoms with Gasteiger partial charge in [0.1, 0.15) is 6.10 Å². The van der Waals surface area contributed by atoms with E-state index in [0.717, 1.165) is 0 Å². The lowest BCUT2D eigenvalue weighted by atomic mass is 10.00. The minimum absolute atomic E-state index is 0.112. The largest absolute Gasteiger partial charge is 0.456 e. The minimum Gasteiger partial charge on any atom is -0.456 e. The standard InChI is InChI=1S/C22H20O8/c1-13(23)27-17-16-12-26-22(28-16)19(30-21(25)15-10-6-3-7-11-15)18(17)29-20(24)14-8-4-2-5-9-14/h2-11,16-19,22H,12H2,1H3/t16-,17-,18+,19-,22-/m1/s1. The van der Waals surface area contributed by atoms with Gasteiger partial charge in [-0.25, -0.2) is 9.59 Å². The second kappa shape index (κ2) is 8.64. The van der Waals surface area contributed by atoms with Crippen LogP contribution >= 0.6 is 0 Å². The summed E-state index contributed by atoms with van der Waals surface area (Å²) in [5.41, 5.74) is 0.627. The summed E-state index contributed by atoms with van der Waals surface area (Å²) in [4.78, 5) is 37.0. The molecule has 2 aromatic carbocycles. The molecule has 0 spiro atoms. The Morgan fingerprint density at radius 3 is 1.83 bits per heavy atom. The van der Waals surface area contributed by atoms with Gasteiger partial charge in [0.15, 0.2) is 24.6 Å². The number of fused-ring (bicyclic) bond motifs is 2. The number of rotatable bonds is 5. The van der Waals surface area contributed by atoms with Crippen molar-refractivity contribution in [1.82, 2.24) is 0 Å². The maximum absolute atomic E-state index is 12.7. The van der Waals surface area contributed by atoms with Crippen molar-refractivity contribution in [3.05, 3.63) is 71.8 Å². The van der Waals surface area contributed by atoms with Gasteiger partial charge in [-0.3, -0.25) is 4.79 Å². The lowest BCUT2D eigenvalue weighted by Crippen LogP contribution is -2.58. The first kappa shape index (κ1) is 20.1. The van der Waals surface area contributed by atoms with Crippen molar-refractivity contribution in [3.63, 3.8) is 0 Å². The molecule has 2 aliphatic heterocycles. The van der Waals surface area contributed by atoms with Crippen molar-refractivity contribution in [2.75, 3.05) is 6.61 Å². The maximum atomic E-state index is 12.7. The van der Waals surface area contributed by atoms with Crippen molar-refractivity contribution in [2.24, 2.45) is 0 Å². The molecule has 2 bridgehead atoms. The highest BCUT2D eigenvalue weighted by atomic mass is 16.8. The summed E-state index contributed by atoms with van der Waals surface area (Å²) in [6.45, 7) is 1.35. The second-order valence-corrected chi connectivity index (χ2v) is 6.92. The zero-order valence-electron chi connectivity index (χ0n) is 16.1. The molecule has 2 fully saturated rings. The van der Waals surface area contributed by atoms with Crippen molar-refractivity contribution < 1.29 is 38.1 Å². The Morgan fingerprint density at radius 2 is 1.30 bits per heavy atom. The molecule has 8 heteroatoms. The fraction of sp³-hybridized carbons (Fsp3) is 0.318. The molecular weight excluding hydrogens is 392 g/mol. The van der Waals surface area contributed by atoms with E-state index in [-0.39, 0.29) is 6.61 Å². The molecule has 30 heavy (non-hydrogen) atoms. The van der Waals surface area contributed by atoms with Crippen LogP contribution < -0.4 is 0 Å². The highest BCUT2D eigenvalue weighted by molar-refractivity contribution is 5.90. The zero-order valence-corrected chi connectivity index (χ0v) is 16.1. The second-order valence-electron chi connectivity index (χ2n) is 6.92. The fourth-order valence-electron chi connectivity index (χ4n) is 3.46. The Labute approximate surface area is 172 Å². The van der Waals surface area contributed by atoms with Crippen molar-refractivity contribution in [3.8, 4) is 0 Å². The van der Waals surface area contributed by atoms with E-state index < -0.39 is 48.6 Å². The molecule has 4 rings (SSSR count). The number of hydrogen-bond donors (Lipinski definition) is 0. The predicted molar refractivity (Wildman–Crippen MR) is 101 cm³/mol. The highest BCUT2D eigenvalue weighted by Crippen LogP contribution is 2.34. The Morgan fingerprint density at radius 1 is 0.767 bits per heavy atom. The number of esters is 3. The summed E-state index contributed by atoms with van der Waals surface area (Å²) in [5, 5.41) is 0. The van der Waals surface area contributed by atoms with E-state index >= 15 is 0 Å². The van der Waals surface area contributed by atoms with Crippen LogP contribution in [-0.4, -0.2) is 55.2 Å². The predicted octanol–water partition coefficient (Wildman–Crippen LogP) is 2.12. The van der Waals surface area contributed by atoms with Gasteiger partial charge in [-0.2, -0.15) is 0 Å². The summed E-state index contributed by atoms with van der Waals surface area (Å²) in [6.07, 6.45) is -4.78. The first-order valence-corrected chi connectivity index (χ1v) is 9.49. The molecular formula is C22H20O8. The zero-order chi connectivity index (χ0) is 21.1. The van der Waals surface area contributed by atoms with Gasteiger partial charge in [-0.1, -0.05) is 36.4 Å². The molecule has 2 aliphatic rings. The number of carbonyl (C=O) groups excluding carboxylic acids is 3. The molecule has 0 saturated carbocycles. The summed E-state index contributed by atoms with van der Waals surface area (Å²) in [6, 6.07) is 16.7. The monoisotopic (exact) mass is 412 g/mol. The summed E-state index contributed by atoms with van der Waals surface area (Å²) in [5.74, 6) is -1.86. The van der Waals surface area contributed by atoms with Gasteiger partial charge >= 0.3 is 17.9 Å². The molecule has 0 aromatic heterocycles. The average molecular weight is 412 g/mol. The average Bonchev–Trinajstić information content (AvgIpc) is 3.20. The molecule has 0 radical (unpaired) electrons. The molecule has 2 aromatic rings. The van der Waals surface area contributed by atoms with Crippen LogP contribution in [0.4, 0.5) is 0 Å². The molecule has 2 heterocycles. The summed E-state index contributed by atoms with van der Waals surface area (Å²) in [7, 11) is 0. The van der Waals surface area contributed by atoms with Crippen molar-refractivity contribution in [2.45, 2.75) is 37.6 Å². The lowest BCUT2D eigenvalue weighted by Gasteiger charge is -2.38. The Hall–Kier alpha value is -3.23. The molecule has 0 unspecified atom stereocenters. The molecule has 8 nitrogen and oxygen atoms in total. The number of benzene rings is 2. The first-order valence-electron chi connectivity index (χ1n) is 9.49. The fourth-order valence-corrected chi connectivity index (χ4v) is 3.46. The third-order valence-electron chi connectivity index (χ3n) is 4.82. The van der Waals surface area contributed by atoms with Crippen LogP contribution in [0.15, 0.2) is 60.7 Å². The van der Waals surface area contributed by atoms with E-state index in [0.29, 0.717) is 11.1 Å². The molecule has 0 amide bonds. The Kier molecular flexibility index (Phi) is 5.78. The van der Waals surface area contributed by atoms with Crippen LogP contribution in [0.5, 0.6) is 0 Å². The molecule has 0 N–H and O–H groups in total. The van der Waals surface area contributed by atoms with E-state index in [1.54, 1.807) is 60.7 Å². The number of hydrogen-bond acceptors (Lipinski definition) is 8. The van der Waals surface area contributed by atoms with Gasteiger partial charge in [0.25, 0.3) is 0 Å². The van der Waals surface area contributed by atoms with Gasteiger partial charge < -0.3 is 23.7 Å². The van der Waals surface area contributed by atoms with E-state index in [4.69, 9.17) is 23.7 Å². The first-order chi connectivity index (χ1) is 14.5. The topological polar surface area (TPSA) is 97.4 Å². The molecule has 0 aliphatic carbocycles. The number of carbonyl (C=O) groups is 3. The normalized spacial score (nSPS) is 27.2. The van der Waals surface area contributed by atoms with Crippen LogP contribution in [-0.2, 0) is 28.5 Å². The van der Waals surface area contributed by atoms with E-state index in [9.17, 15) is 14.4 Å². The van der Waals surface area contributed by atoms with Crippen molar-refractivity contribution in [1.29, 1.82) is 0 Å². The van der Waals surface area contributed by atoms with E-state index in [1.807, 2.05) is 0 Å². The van der Waals surface area contributed by atoms with Gasteiger partial charge in [0, 0.05) is 6.92 Å². The SMILES string of the molecule is CC(=O)O[C@H]1[C@H](OC(=O)c2ccccc2)[C@@H](OC(=O)c2ccccc2)[C@@H]2OC[C@H]1O2. The van der Waals surface area contributed by atoms with Crippen LogP contribution in [0, 0.1) is 0 Å². The Bertz CT molecular complexity index is 913. The molecule has 5 atom stereocenters. The van der Waals surface area contributed by atoms with Gasteiger partial charge in [0.2, 0.25) is 0 Å². The van der Waals surface area contributed by atoms with Crippen molar-refractivity contribution >= 4 is 17.9 Å². The van der Waals surface area contributed by atoms with Crippen LogP contribution in [0.1, 0.15) is 27.6 Å². The van der Waals surface area contributed by atoms with Crippen LogP contribution in [0.3, 0.4) is 0 Å². The van der Waals surface area contributed by atoms with Crippen LogP contribution in [0.25, 0.3) is 0 Å². The van der Waals surface area contributed by atoms with E-state index in [1.165, 1.54) is 6.92 Å². The van der Waals surface area contributed by atoms with Gasteiger partial charge in [0.05, 0.1) is 17.7 Å². The maximum Gasteiger partial charge on any atom is 0.338 e. The van der Waals surface area contributed by atoms with Gasteiger partial charge in [-0.05, 0) is 24.3 Å². The minimum atomic E-state index is -1.12. The Balaban J connectivity index is 1.61. The summed E-state index contributed by atoms with van der Waals surface area (Å²) >= 11 is 0. The van der Waals surface area contributed by atoms with Crippen LogP contribution in [0.2, 0.25) is 0 Å².